The molecule has 3 aromatic rings. The van der Waals surface area contributed by atoms with Gasteiger partial charge in [0.2, 0.25) is 0 Å². The number of aromatic nitrogens is 1. The fraction of sp³-hybridized carbons (Fsp3) is 0.375. The first kappa shape index (κ1) is 20.9. The van der Waals surface area contributed by atoms with Crippen LogP contribution >= 0.6 is 11.6 Å². The molecule has 1 heterocycles. The molecule has 1 atom stereocenters. The minimum absolute atomic E-state index is 0.0000988. The van der Waals surface area contributed by atoms with Gasteiger partial charge >= 0.3 is 0 Å². The highest BCUT2D eigenvalue weighted by molar-refractivity contribution is 6.32. The minimum atomic E-state index is -0.235. The molecule has 0 amide bonds. The fourth-order valence-corrected chi connectivity index (χ4v) is 4.94. The standard InChI is InChI=1S/C24H26ClFN2O2/c1-2-22(27)24(16-3-5-17(26)6-4-16)10-7-18(8-11-24)30-21-13-15-9-12-28-23(29)19(15)14-20(21)25/h3-6,9,12-14,18,22H,2,7-8,10-11,27H2,1H3,(H,28,29)/t18-,22-,24+/m0/s1. The van der Waals surface area contributed by atoms with Crippen molar-refractivity contribution in [2.24, 2.45) is 5.73 Å². The van der Waals surface area contributed by atoms with Gasteiger partial charge in [-0.15, -0.1) is 0 Å². The summed E-state index contributed by atoms with van der Waals surface area (Å²) in [5, 5.41) is 1.77. The zero-order chi connectivity index (χ0) is 21.3. The third-order valence-electron chi connectivity index (χ3n) is 6.51. The van der Waals surface area contributed by atoms with Gasteiger partial charge in [0.25, 0.3) is 5.56 Å². The summed E-state index contributed by atoms with van der Waals surface area (Å²) in [6.45, 7) is 2.09. The molecule has 1 aliphatic carbocycles. The van der Waals surface area contributed by atoms with Crippen LogP contribution in [0.4, 0.5) is 4.39 Å². The smallest absolute Gasteiger partial charge is 0.255 e. The Morgan fingerprint density at radius 1 is 1.23 bits per heavy atom. The number of aromatic amines is 1. The first-order chi connectivity index (χ1) is 14.4. The van der Waals surface area contributed by atoms with E-state index in [2.05, 4.69) is 11.9 Å². The highest BCUT2D eigenvalue weighted by Gasteiger charge is 2.41. The maximum atomic E-state index is 13.5. The normalized spacial score (nSPS) is 22.7. The van der Waals surface area contributed by atoms with Gasteiger partial charge in [-0.05, 0) is 73.4 Å². The molecule has 1 aromatic heterocycles. The lowest BCUT2D eigenvalue weighted by Crippen LogP contribution is -2.48. The van der Waals surface area contributed by atoms with Crippen LogP contribution in [0.5, 0.6) is 5.75 Å². The van der Waals surface area contributed by atoms with Crippen LogP contribution in [-0.4, -0.2) is 17.1 Å². The van der Waals surface area contributed by atoms with E-state index in [9.17, 15) is 9.18 Å². The molecule has 0 bridgehead atoms. The highest BCUT2D eigenvalue weighted by Crippen LogP contribution is 2.44. The second-order valence-electron chi connectivity index (χ2n) is 8.17. The average Bonchev–Trinajstić information content (AvgIpc) is 2.76. The Morgan fingerprint density at radius 2 is 1.93 bits per heavy atom. The minimum Gasteiger partial charge on any atom is -0.489 e. The van der Waals surface area contributed by atoms with Gasteiger partial charge in [-0.25, -0.2) is 4.39 Å². The number of ether oxygens (including phenoxy) is 1. The molecule has 0 unspecified atom stereocenters. The van der Waals surface area contributed by atoms with Crippen LogP contribution in [0.2, 0.25) is 5.02 Å². The predicted molar refractivity (Wildman–Crippen MR) is 119 cm³/mol. The number of fused-ring (bicyclic) bond motifs is 1. The van der Waals surface area contributed by atoms with Crippen LogP contribution < -0.4 is 16.0 Å². The molecule has 0 spiro atoms. The molecule has 3 N–H and O–H groups in total. The van der Waals surface area contributed by atoms with Gasteiger partial charge in [-0.3, -0.25) is 4.79 Å². The van der Waals surface area contributed by atoms with E-state index in [1.165, 1.54) is 12.1 Å². The molecule has 0 aliphatic heterocycles. The summed E-state index contributed by atoms with van der Waals surface area (Å²) < 4.78 is 19.7. The monoisotopic (exact) mass is 428 g/mol. The van der Waals surface area contributed by atoms with E-state index >= 15 is 0 Å². The molecule has 158 valence electrons. The van der Waals surface area contributed by atoms with Crippen molar-refractivity contribution in [2.75, 3.05) is 0 Å². The first-order valence-corrected chi connectivity index (χ1v) is 10.8. The van der Waals surface area contributed by atoms with Gasteiger partial charge < -0.3 is 15.5 Å². The zero-order valence-electron chi connectivity index (χ0n) is 17.0. The van der Waals surface area contributed by atoms with Crippen molar-refractivity contribution in [3.8, 4) is 5.75 Å². The summed E-state index contributed by atoms with van der Waals surface area (Å²) in [5.74, 6) is 0.356. The highest BCUT2D eigenvalue weighted by atomic mass is 35.5. The maximum absolute atomic E-state index is 13.5. The summed E-state index contributed by atoms with van der Waals surface area (Å²) in [6, 6.07) is 12.1. The van der Waals surface area contributed by atoms with Gasteiger partial charge in [0.15, 0.2) is 0 Å². The molecular formula is C24H26ClFN2O2. The van der Waals surface area contributed by atoms with Crippen LogP contribution in [0.25, 0.3) is 10.8 Å². The lowest BCUT2D eigenvalue weighted by Gasteiger charge is -2.44. The number of nitrogens with two attached hydrogens (primary N) is 1. The van der Waals surface area contributed by atoms with Gasteiger partial charge in [0.05, 0.1) is 11.1 Å². The van der Waals surface area contributed by atoms with Crippen molar-refractivity contribution in [3.05, 3.63) is 75.4 Å². The summed E-state index contributed by atoms with van der Waals surface area (Å²) in [6.07, 6.45) is 5.87. The largest absolute Gasteiger partial charge is 0.489 e. The van der Waals surface area contributed by atoms with Gasteiger partial charge in [-0.2, -0.15) is 0 Å². The number of rotatable bonds is 5. The number of benzene rings is 2. The SMILES string of the molecule is CC[C@H](N)[C@]1(c2ccc(F)cc2)CC[C@H](Oc2cc3cc[nH]c(=O)c3cc2Cl)CC1. The molecular weight excluding hydrogens is 403 g/mol. The third kappa shape index (κ3) is 3.84. The summed E-state index contributed by atoms with van der Waals surface area (Å²) in [4.78, 5) is 14.6. The maximum Gasteiger partial charge on any atom is 0.255 e. The predicted octanol–water partition coefficient (Wildman–Crippen LogP) is 5.32. The second kappa shape index (κ2) is 8.40. The fourth-order valence-electron chi connectivity index (χ4n) is 4.73. The van der Waals surface area contributed by atoms with Crippen LogP contribution in [0.1, 0.15) is 44.6 Å². The van der Waals surface area contributed by atoms with Gasteiger partial charge in [0.1, 0.15) is 11.6 Å². The summed E-state index contributed by atoms with van der Waals surface area (Å²) in [5.41, 5.74) is 7.31. The van der Waals surface area contributed by atoms with Gasteiger partial charge in [-0.1, -0.05) is 30.7 Å². The Labute approximate surface area is 180 Å². The summed E-state index contributed by atoms with van der Waals surface area (Å²) in [7, 11) is 0. The van der Waals surface area contributed by atoms with Crippen LogP contribution in [0.15, 0.2) is 53.5 Å². The Balaban J connectivity index is 1.55. The van der Waals surface area contributed by atoms with Crippen molar-refractivity contribution in [1.29, 1.82) is 0 Å². The Morgan fingerprint density at radius 3 is 2.60 bits per heavy atom. The second-order valence-corrected chi connectivity index (χ2v) is 8.58. The molecule has 30 heavy (non-hydrogen) atoms. The number of halogens is 2. The molecule has 4 rings (SSSR count). The topological polar surface area (TPSA) is 68.1 Å². The molecule has 6 heteroatoms. The number of hydrogen-bond donors (Lipinski definition) is 2. The van der Waals surface area contributed by atoms with E-state index in [0.29, 0.717) is 16.2 Å². The molecule has 2 aromatic carbocycles. The number of pyridine rings is 1. The quantitative estimate of drug-likeness (QED) is 0.578. The third-order valence-corrected chi connectivity index (χ3v) is 6.81. The van der Waals surface area contributed by atoms with E-state index in [4.69, 9.17) is 22.1 Å². The van der Waals surface area contributed by atoms with E-state index in [1.54, 1.807) is 12.3 Å². The molecule has 0 saturated heterocycles. The van der Waals surface area contributed by atoms with E-state index in [-0.39, 0.29) is 28.9 Å². The molecule has 1 saturated carbocycles. The molecule has 4 nitrogen and oxygen atoms in total. The zero-order valence-corrected chi connectivity index (χ0v) is 17.7. The molecule has 1 aliphatic rings. The average molecular weight is 429 g/mol. The van der Waals surface area contributed by atoms with Crippen molar-refractivity contribution >= 4 is 22.4 Å². The van der Waals surface area contributed by atoms with E-state index in [1.807, 2.05) is 24.3 Å². The number of hydrogen-bond acceptors (Lipinski definition) is 3. The van der Waals surface area contributed by atoms with Crippen molar-refractivity contribution < 1.29 is 9.13 Å². The van der Waals surface area contributed by atoms with Crippen LogP contribution in [-0.2, 0) is 5.41 Å². The Bertz CT molecular complexity index is 1090. The van der Waals surface area contributed by atoms with Crippen molar-refractivity contribution in [3.63, 3.8) is 0 Å². The molecule has 0 radical (unpaired) electrons. The lowest BCUT2D eigenvalue weighted by atomic mass is 9.64. The first-order valence-electron chi connectivity index (χ1n) is 10.4. The summed E-state index contributed by atoms with van der Waals surface area (Å²) >= 11 is 6.40. The van der Waals surface area contributed by atoms with Gasteiger partial charge in [0, 0.05) is 23.0 Å². The van der Waals surface area contributed by atoms with Crippen LogP contribution in [0, 0.1) is 5.82 Å². The lowest BCUT2D eigenvalue weighted by molar-refractivity contribution is 0.104. The van der Waals surface area contributed by atoms with E-state index in [0.717, 1.165) is 43.1 Å². The van der Waals surface area contributed by atoms with E-state index < -0.39 is 0 Å². The number of H-pyrrole nitrogens is 1. The molecule has 1 fully saturated rings. The van der Waals surface area contributed by atoms with Crippen molar-refractivity contribution in [1.82, 2.24) is 4.98 Å². The number of nitrogens with one attached hydrogen (secondary N) is 1. The van der Waals surface area contributed by atoms with Crippen molar-refractivity contribution in [2.45, 2.75) is 56.6 Å². The Kier molecular flexibility index (Phi) is 5.85. The van der Waals surface area contributed by atoms with Crippen LogP contribution in [0.3, 0.4) is 0 Å². The Hall–Kier alpha value is -2.37.